The van der Waals surface area contributed by atoms with Crippen LogP contribution in [0.5, 0.6) is 0 Å². The number of nitrogens with zero attached hydrogens (tertiary/aromatic N) is 2. The summed E-state index contributed by atoms with van der Waals surface area (Å²) >= 11 is 0. The maximum absolute atomic E-state index is 9.50. The van der Waals surface area contributed by atoms with E-state index in [0.29, 0.717) is 5.56 Å². The first kappa shape index (κ1) is 39.8. The molecule has 2 aliphatic carbocycles. The van der Waals surface area contributed by atoms with Crippen LogP contribution in [0.25, 0.3) is 43.8 Å². The number of benzene rings is 10. The van der Waals surface area contributed by atoms with Crippen LogP contribution in [0, 0.1) is 11.3 Å². The van der Waals surface area contributed by atoms with Gasteiger partial charge in [-0.2, -0.15) is 5.26 Å². The Bertz CT molecular complexity index is 3470. The molecular formula is C63H48N2Si. The van der Waals surface area contributed by atoms with Crippen LogP contribution in [-0.2, 0) is 10.8 Å². The van der Waals surface area contributed by atoms with E-state index in [2.05, 4.69) is 245 Å². The topological polar surface area (TPSA) is 27.0 Å². The number of hydrogen-bond acceptors (Lipinski definition) is 2. The Morgan fingerprint density at radius 1 is 0.379 bits per heavy atom. The van der Waals surface area contributed by atoms with Crippen LogP contribution in [0.1, 0.15) is 55.5 Å². The summed E-state index contributed by atoms with van der Waals surface area (Å²) in [4.78, 5) is 2.50. The number of rotatable bonds is 8. The Kier molecular flexibility index (Phi) is 8.98. The highest BCUT2D eigenvalue weighted by Gasteiger charge is 2.42. The minimum atomic E-state index is -2.74. The summed E-state index contributed by atoms with van der Waals surface area (Å²) in [5.74, 6) is 0. The Balaban J connectivity index is 1.06. The maximum Gasteiger partial charge on any atom is 0.179 e. The lowest BCUT2D eigenvalue weighted by Crippen LogP contribution is -2.74. The predicted octanol–water partition coefficient (Wildman–Crippen LogP) is 13.3. The molecule has 66 heavy (non-hydrogen) atoms. The third kappa shape index (κ3) is 5.85. The summed E-state index contributed by atoms with van der Waals surface area (Å²) in [5.41, 5.74) is 14.0. The number of anilines is 3. The minimum absolute atomic E-state index is 0.150. The Labute approximate surface area is 388 Å². The van der Waals surface area contributed by atoms with Gasteiger partial charge in [0.1, 0.15) is 0 Å². The van der Waals surface area contributed by atoms with E-state index >= 15 is 0 Å². The average Bonchev–Trinajstić information content (AvgIpc) is 3.74. The highest BCUT2D eigenvalue weighted by Crippen LogP contribution is 2.54. The molecule has 0 spiro atoms. The van der Waals surface area contributed by atoms with Crippen LogP contribution in [0.15, 0.2) is 218 Å². The smallest absolute Gasteiger partial charge is 0.179 e. The fraction of sp³-hybridized carbons (Fsp3) is 0.0952. The summed E-state index contributed by atoms with van der Waals surface area (Å²) in [6, 6.07) is 83.6. The molecule has 0 aromatic heterocycles. The molecule has 0 radical (unpaired) electrons. The van der Waals surface area contributed by atoms with E-state index in [9.17, 15) is 5.26 Å². The second-order valence-corrected chi connectivity index (χ2v) is 23.0. The van der Waals surface area contributed by atoms with Gasteiger partial charge in [0.25, 0.3) is 0 Å². The van der Waals surface area contributed by atoms with Gasteiger partial charge in [0.05, 0.1) is 11.6 Å². The lowest BCUT2D eigenvalue weighted by Gasteiger charge is -2.35. The SMILES string of the molecule is CC1(C)c2ccccc2-c2ccc(N(c3ccc([Si](c4ccccc4)(c4ccccc4)c4ccccc4)cc3)c3cc4c5c(ccc6cc(-c7ccc(C#N)cc7)cc(c65)C4(C)C)c3)cc21. The van der Waals surface area contributed by atoms with E-state index in [4.69, 9.17) is 0 Å². The molecule has 12 rings (SSSR count). The molecule has 0 aliphatic heterocycles. The van der Waals surface area contributed by atoms with Crippen molar-refractivity contribution in [2.75, 3.05) is 4.90 Å². The molecule has 0 heterocycles. The zero-order chi connectivity index (χ0) is 44.8. The van der Waals surface area contributed by atoms with Crippen molar-refractivity contribution in [2.24, 2.45) is 0 Å². The van der Waals surface area contributed by atoms with Gasteiger partial charge >= 0.3 is 0 Å². The Morgan fingerprint density at radius 3 is 1.47 bits per heavy atom. The number of hydrogen-bond donors (Lipinski definition) is 0. The van der Waals surface area contributed by atoms with E-state index in [1.807, 2.05) is 12.1 Å². The number of nitriles is 1. The minimum Gasteiger partial charge on any atom is -0.310 e. The molecule has 10 aromatic carbocycles. The van der Waals surface area contributed by atoms with Crippen molar-refractivity contribution < 1.29 is 0 Å². The second kappa shape index (κ2) is 14.9. The van der Waals surface area contributed by atoms with E-state index in [0.717, 1.165) is 22.6 Å². The van der Waals surface area contributed by atoms with Crippen molar-refractivity contribution in [2.45, 2.75) is 38.5 Å². The van der Waals surface area contributed by atoms with Crippen LogP contribution in [0.2, 0.25) is 0 Å². The molecular weight excluding hydrogens is 813 g/mol. The molecule has 0 saturated carbocycles. The van der Waals surface area contributed by atoms with Crippen molar-refractivity contribution in [1.82, 2.24) is 0 Å². The van der Waals surface area contributed by atoms with Gasteiger partial charge in [-0.25, -0.2) is 0 Å². The molecule has 0 atom stereocenters. The standard InChI is InChI=1S/C63H48N2Si/c1-62(2)56-23-15-14-22-54(56)55-35-32-48(39-57(55)62)65(47-30-33-53(34-31-47)66(50-16-8-5-9-17-50,51-18-10-6-11-19-51)52-20-12-7-13-21-52)49-37-45-29-28-44-36-46(43-26-24-42(41-64)25-27-43)38-58-60(44)61(45)59(40-49)63(58,3)4/h5-40H,1-4H3. The van der Waals surface area contributed by atoms with Crippen LogP contribution in [0.4, 0.5) is 17.1 Å². The third-order valence-corrected chi connectivity index (χ3v) is 19.8. The van der Waals surface area contributed by atoms with Crippen molar-refractivity contribution >= 4 is 67.4 Å². The highest BCUT2D eigenvalue weighted by molar-refractivity contribution is 7.19. The highest BCUT2D eigenvalue weighted by atomic mass is 28.3. The molecule has 0 fully saturated rings. The maximum atomic E-state index is 9.50. The van der Waals surface area contributed by atoms with E-state index in [1.165, 1.54) is 81.2 Å². The van der Waals surface area contributed by atoms with Gasteiger partial charge in [-0.3, -0.25) is 0 Å². The molecule has 0 amide bonds. The predicted molar refractivity (Wildman–Crippen MR) is 280 cm³/mol. The van der Waals surface area contributed by atoms with E-state index in [1.54, 1.807) is 0 Å². The molecule has 10 aromatic rings. The first-order valence-electron chi connectivity index (χ1n) is 23.1. The number of fused-ring (bicyclic) bond motifs is 3. The largest absolute Gasteiger partial charge is 0.310 e. The molecule has 0 bridgehead atoms. The fourth-order valence-corrected chi connectivity index (χ4v) is 16.4. The van der Waals surface area contributed by atoms with Gasteiger partial charge < -0.3 is 4.90 Å². The lowest BCUT2D eigenvalue weighted by atomic mass is 9.80. The third-order valence-electron chi connectivity index (χ3n) is 15.0. The second-order valence-electron chi connectivity index (χ2n) is 19.2. The normalized spacial score (nSPS) is 14.0. The van der Waals surface area contributed by atoms with Gasteiger partial charge in [0.2, 0.25) is 0 Å². The summed E-state index contributed by atoms with van der Waals surface area (Å²) in [6.45, 7) is 9.51. The van der Waals surface area contributed by atoms with Gasteiger partial charge in [0, 0.05) is 27.9 Å². The van der Waals surface area contributed by atoms with Gasteiger partial charge in [-0.15, -0.1) is 0 Å². The van der Waals surface area contributed by atoms with Gasteiger partial charge in [0.15, 0.2) is 8.07 Å². The molecule has 2 aliphatic rings. The van der Waals surface area contributed by atoms with Crippen molar-refractivity contribution in [3.63, 3.8) is 0 Å². The molecule has 314 valence electrons. The summed E-state index contributed by atoms with van der Waals surface area (Å²) in [6.07, 6.45) is 0. The van der Waals surface area contributed by atoms with E-state index < -0.39 is 8.07 Å². The van der Waals surface area contributed by atoms with Crippen molar-refractivity contribution in [3.8, 4) is 28.3 Å². The average molecular weight is 861 g/mol. The Hall–Kier alpha value is -7.77. The summed E-state index contributed by atoms with van der Waals surface area (Å²) in [5, 5.41) is 20.1. The molecule has 0 N–H and O–H groups in total. The first-order chi connectivity index (χ1) is 32.2. The monoisotopic (exact) mass is 860 g/mol. The fourth-order valence-electron chi connectivity index (χ4n) is 11.7. The quantitative estimate of drug-likeness (QED) is 0.0865. The summed E-state index contributed by atoms with van der Waals surface area (Å²) < 4.78 is 0. The molecule has 0 unspecified atom stereocenters. The van der Waals surface area contributed by atoms with Crippen LogP contribution in [-0.4, -0.2) is 8.07 Å². The first-order valence-corrected chi connectivity index (χ1v) is 25.1. The summed E-state index contributed by atoms with van der Waals surface area (Å²) in [7, 11) is -2.74. The van der Waals surface area contributed by atoms with Gasteiger partial charge in [-0.05, 0) is 147 Å². The molecule has 2 nitrogen and oxygen atoms in total. The van der Waals surface area contributed by atoms with Crippen LogP contribution >= 0.6 is 0 Å². The van der Waals surface area contributed by atoms with Crippen LogP contribution < -0.4 is 25.6 Å². The lowest BCUT2D eigenvalue weighted by molar-refractivity contribution is 0.660. The molecule has 3 heteroatoms. The Morgan fingerprint density at radius 2 is 0.864 bits per heavy atom. The van der Waals surface area contributed by atoms with Crippen molar-refractivity contribution in [3.05, 3.63) is 246 Å². The molecule has 0 saturated heterocycles. The zero-order valence-electron chi connectivity index (χ0n) is 37.7. The van der Waals surface area contributed by atoms with Crippen molar-refractivity contribution in [1.29, 1.82) is 5.26 Å². The zero-order valence-corrected chi connectivity index (χ0v) is 38.7. The van der Waals surface area contributed by atoms with Gasteiger partial charge in [-0.1, -0.05) is 185 Å². The van der Waals surface area contributed by atoms with Crippen LogP contribution in [0.3, 0.4) is 0 Å². The van der Waals surface area contributed by atoms with E-state index in [-0.39, 0.29) is 10.8 Å².